The lowest BCUT2D eigenvalue weighted by molar-refractivity contribution is 0.264. The highest BCUT2D eigenvalue weighted by molar-refractivity contribution is 8.01. The van der Waals surface area contributed by atoms with Crippen LogP contribution in [0, 0.1) is 0 Å². The molecule has 2 heterocycles. The van der Waals surface area contributed by atoms with E-state index < -0.39 is 9.84 Å². The number of nitrogens with one attached hydrogen (secondary N) is 1. The van der Waals surface area contributed by atoms with Crippen LogP contribution in [0.2, 0.25) is 0 Å². The third kappa shape index (κ3) is 3.87. The number of aromatic nitrogens is 1. The quantitative estimate of drug-likeness (QED) is 0.856. The number of thioether (sulfide) groups is 1. The molecule has 0 saturated carbocycles. The first kappa shape index (κ1) is 16.1. The van der Waals surface area contributed by atoms with E-state index >= 15 is 0 Å². The molecular formula is C12H21N3O2S3. The zero-order valence-electron chi connectivity index (χ0n) is 11.8. The van der Waals surface area contributed by atoms with Gasteiger partial charge in [0.1, 0.15) is 5.37 Å². The van der Waals surface area contributed by atoms with Crippen molar-refractivity contribution in [1.29, 1.82) is 0 Å². The van der Waals surface area contributed by atoms with Crippen LogP contribution in [0.1, 0.15) is 18.7 Å². The maximum Gasteiger partial charge on any atom is 0.182 e. The van der Waals surface area contributed by atoms with E-state index in [-0.39, 0.29) is 11.1 Å². The Hall–Kier alpha value is -0.310. The van der Waals surface area contributed by atoms with Crippen LogP contribution >= 0.6 is 23.1 Å². The summed E-state index contributed by atoms with van der Waals surface area (Å²) < 4.78 is 24.4. The van der Waals surface area contributed by atoms with Crippen molar-refractivity contribution in [2.24, 2.45) is 0 Å². The number of hydrogen-bond acceptors (Lipinski definition) is 7. The SMILES string of the molecule is CCNc1ncc(CN2CCSCC2S(=O)(=O)CC)s1. The van der Waals surface area contributed by atoms with Gasteiger partial charge >= 0.3 is 0 Å². The molecule has 5 nitrogen and oxygen atoms in total. The minimum atomic E-state index is -3.02. The van der Waals surface area contributed by atoms with Crippen molar-refractivity contribution in [3.05, 3.63) is 11.1 Å². The summed E-state index contributed by atoms with van der Waals surface area (Å²) in [5.74, 6) is 1.88. The second-order valence-corrected chi connectivity index (χ2v) is 9.33. The van der Waals surface area contributed by atoms with Crippen molar-refractivity contribution < 1.29 is 8.42 Å². The maximum atomic E-state index is 12.2. The summed E-state index contributed by atoms with van der Waals surface area (Å²) in [5, 5.41) is 3.74. The Morgan fingerprint density at radius 3 is 3.00 bits per heavy atom. The molecule has 1 atom stereocenters. The van der Waals surface area contributed by atoms with Gasteiger partial charge in [0.15, 0.2) is 15.0 Å². The van der Waals surface area contributed by atoms with Crippen LogP contribution in [0.3, 0.4) is 0 Å². The fourth-order valence-corrected chi connectivity index (χ4v) is 6.12. The zero-order chi connectivity index (χ0) is 14.6. The molecule has 1 aliphatic rings. The molecule has 114 valence electrons. The molecule has 0 aliphatic carbocycles. The molecule has 20 heavy (non-hydrogen) atoms. The molecule has 1 unspecified atom stereocenters. The number of sulfone groups is 1. The van der Waals surface area contributed by atoms with Gasteiger partial charge in [-0.3, -0.25) is 4.90 Å². The minimum absolute atomic E-state index is 0.208. The Labute approximate surface area is 129 Å². The predicted octanol–water partition coefficient (Wildman–Crippen LogP) is 1.88. The van der Waals surface area contributed by atoms with Gasteiger partial charge in [-0.25, -0.2) is 13.4 Å². The number of rotatable bonds is 6. The van der Waals surface area contributed by atoms with E-state index in [1.165, 1.54) is 0 Å². The fraction of sp³-hybridized carbons (Fsp3) is 0.750. The Bertz CT molecular complexity index is 530. The van der Waals surface area contributed by atoms with Crippen LogP contribution in [0.5, 0.6) is 0 Å². The van der Waals surface area contributed by atoms with Gasteiger partial charge in [0, 0.05) is 48.0 Å². The Morgan fingerprint density at radius 2 is 2.30 bits per heavy atom. The van der Waals surface area contributed by atoms with Crippen molar-refractivity contribution in [3.63, 3.8) is 0 Å². The summed E-state index contributed by atoms with van der Waals surface area (Å²) in [7, 11) is -3.02. The lowest BCUT2D eigenvalue weighted by Gasteiger charge is -2.34. The van der Waals surface area contributed by atoms with E-state index in [1.807, 2.05) is 13.1 Å². The smallest absolute Gasteiger partial charge is 0.182 e. The molecule has 1 aromatic rings. The van der Waals surface area contributed by atoms with E-state index in [2.05, 4.69) is 15.2 Å². The summed E-state index contributed by atoms with van der Waals surface area (Å²) >= 11 is 3.33. The van der Waals surface area contributed by atoms with Gasteiger partial charge in [-0.1, -0.05) is 6.92 Å². The fourth-order valence-electron chi connectivity index (χ4n) is 2.13. The van der Waals surface area contributed by atoms with Crippen molar-refractivity contribution in [3.8, 4) is 0 Å². The van der Waals surface area contributed by atoms with E-state index in [4.69, 9.17) is 0 Å². The van der Waals surface area contributed by atoms with E-state index in [9.17, 15) is 8.42 Å². The van der Waals surface area contributed by atoms with Gasteiger partial charge in [0.05, 0.1) is 0 Å². The monoisotopic (exact) mass is 335 g/mol. The van der Waals surface area contributed by atoms with Crippen molar-refractivity contribution in [1.82, 2.24) is 9.88 Å². The average molecular weight is 336 g/mol. The first-order valence-corrected chi connectivity index (χ1v) is 10.5. The molecule has 0 radical (unpaired) electrons. The molecule has 1 aliphatic heterocycles. The highest BCUT2D eigenvalue weighted by Crippen LogP contribution is 2.26. The second-order valence-electron chi connectivity index (χ2n) is 4.61. The average Bonchev–Trinajstić information content (AvgIpc) is 2.87. The van der Waals surface area contributed by atoms with Crippen LogP contribution in [0.4, 0.5) is 5.13 Å². The second kappa shape index (κ2) is 7.11. The molecule has 0 bridgehead atoms. The van der Waals surface area contributed by atoms with Gasteiger partial charge < -0.3 is 5.32 Å². The molecule has 1 saturated heterocycles. The van der Waals surface area contributed by atoms with E-state index in [1.54, 1.807) is 30.0 Å². The van der Waals surface area contributed by atoms with Gasteiger partial charge in [0.2, 0.25) is 0 Å². The standard InChI is InChI=1S/C12H21N3O2S3/c1-3-13-12-14-7-10(19-12)8-15-5-6-18-9-11(15)20(16,17)4-2/h7,11H,3-6,8-9H2,1-2H3,(H,13,14). The van der Waals surface area contributed by atoms with Gasteiger partial charge in [-0.15, -0.1) is 11.3 Å². The van der Waals surface area contributed by atoms with Crippen LogP contribution in [-0.4, -0.2) is 54.0 Å². The van der Waals surface area contributed by atoms with Crippen LogP contribution < -0.4 is 5.32 Å². The summed E-state index contributed by atoms with van der Waals surface area (Å²) in [6.07, 6.45) is 1.85. The molecule has 0 spiro atoms. The summed E-state index contributed by atoms with van der Waals surface area (Å²) in [4.78, 5) is 7.50. The topological polar surface area (TPSA) is 62.3 Å². The van der Waals surface area contributed by atoms with Crippen molar-refractivity contribution in [2.45, 2.75) is 25.8 Å². The summed E-state index contributed by atoms with van der Waals surface area (Å²) in [5.41, 5.74) is 0. The van der Waals surface area contributed by atoms with Crippen LogP contribution in [0.15, 0.2) is 6.20 Å². The Balaban J connectivity index is 2.08. The number of hydrogen-bond donors (Lipinski definition) is 1. The van der Waals surface area contributed by atoms with Gasteiger partial charge in [-0.05, 0) is 6.92 Å². The summed E-state index contributed by atoms with van der Waals surface area (Å²) in [6, 6.07) is 0. The Morgan fingerprint density at radius 1 is 1.50 bits per heavy atom. The molecule has 8 heteroatoms. The third-order valence-corrected chi connectivity index (χ3v) is 7.52. The molecular weight excluding hydrogens is 314 g/mol. The Kier molecular flexibility index (Phi) is 5.71. The number of thiazole rings is 1. The lowest BCUT2D eigenvalue weighted by atomic mass is 10.4. The molecule has 1 aromatic heterocycles. The molecule has 1 fully saturated rings. The number of anilines is 1. The first-order valence-electron chi connectivity index (χ1n) is 6.78. The lowest BCUT2D eigenvalue weighted by Crippen LogP contribution is -2.47. The van der Waals surface area contributed by atoms with E-state index in [0.29, 0.717) is 12.3 Å². The highest BCUT2D eigenvalue weighted by Gasteiger charge is 2.32. The summed E-state index contributed by atoms with van der Waals surface area (Å²) in [6.45, 7) is 6.10. The minimum Gasteiger partial charge on any atom is -0.362 e. The largest absolute Gasteiger partial charge is 0.362 e. The molecule has 0 aromatic carbocycles. The number of nitrogens with zero attached hydrogens (tertiary/aromatic N) is 2. The third-order valence-electron chi connectivity index (χ3n) is 3.25. The van der Waals surface area contributed by atoms with Gasteiger partial charge in [-0.2, -0.15) is 11.8 Å². The van der Waals surface area contributed by atoms with Gasteiger partial charge in [0.25, 0.3) is 0 Å². The molecule has 2 rings (SSSR count). The molecule has 0 amide bonds. The van der Waals surface area contributed by atoms with Crippen molar-refractivity contribution in [2.75, 3.05) is 35.7 Å². The maximum absolute atomic E-state index is 12.2. The zero-order valence-corrected chi connectivity index (χ0v) is 14.3. The highest BCUT2D eigenvalue weighted by atomic mass is 32.2. The van der Waals surface area contributed by atoms with E-state index in [0.717, 1.165) is 28.9 Å². The normalized spacial score (nSPS) is 21.0. The van der Waals surface area contributed by atoms with Crippen LogP contribution in [0.25, 0.3) is 0 Å². The molecule has 1 N–H and O–H groups in total. The van der Waals surface area contributed by atoms with Crippen LogP contribution in [-0.2, 0) is 16.4 Å². The van der Waals surface area contributed by atoms with Crippen molar-refractivity contribution >= 4 is 38.1 Å². The predicted molar refractivity (Wildman–Crippen MR) is 87.3 cm³/mol. The first-order chi connectivity index (χ1) is 9.56.